The molecule has 0 aromatic carbocycles. The van der Waals surface area contributed by atoms with Crippen LogP contribution in [0.1, 0.15) is 16.5 Å². The molecule has 0 amide bonds. The molecule has 0 bridgehead atoms. The van der Waals surface area contributed by atoms with Gasteiger partial charge in [-0.3, -0.25) is 5.84 Å². The summed E-state index contributed by atoms with van der Waals surface area (Å²) in [5.41, 5.74) is 2.96. The van der Waals surface area contributed by atoms with Crippen molar-refractivity contribution in [2.24, 2.45) is 5.84 Å². The Morgan fingerprint density at radius 2 is 2.25 bits per heavy atom. The number of thiophene rings is 1. The molecule has 68 valence electrons. The molecule has 5 heteroatoms. The summed E-state index contributed by atoms with van der Waals surface area (Å²) in [7, 11) is 0. The van der Waals surface area contributed by atoms with E-state index in [0.717, 1.165) is 5.56 Å². The molecule has 1 aromatic heterocycles. The van der Waals surface area contributed by atoms with E-state index in [-0.39, 0.29) is 0 Å². The van der Waals surface area contributed by atoms with Crippen molar-refractivity contribution >= 4 is 11.3 Å². The molecule has 1 atom stereocenters. The summed E-state index contributed by atoms with van der Waals surface area (Å²) in [5, 5.41) is 1.78. The van der Waals surface area contributed by atoms with E-state index < -0.39 is 12.5 Å². The number of alkyl halides is 2. The van der Waals surface area contributed by atoms with Crippen LogP contribution in [0.2, 0.25) is 0 Å². The second-order valence-corrected chi connectivity index (χ2v) is 3.39. The number of rotatable bonds is 3. The van der Waals surface area contributed by atoms with Crippen molar-refractivity contribution in [1.29, 1.82) is 0 Å². The van der Waals surface area contributed by atoms with Crippen LogP contribution in [-0.4, -0.2) is 6.43 Å². The fourth-order valence-corrected chi connectivity index (χ4v) is 1.96. The Balaban J connectivity index is 2.87. The summed E-state index contributed by atoms with van der Waals surface area (Å²) in [5.74, 6) is 5.01. The Labute approximate surface area is 73.4 Å². The van der Waals surface area contributed by atoms with Gasteiger partial charge in [-0.05, 0) is 23.9 Å². The minimum atomic E-state index is -2.47. The Bertz CT molecular complexity index is 249. The van der Waals surface area contributed by atoms with E-state index in [4.69, 9.17) is 5.84 Å². The summed E-state index contributed by atoms with van der Waals surface area (Å²) in [6.07, 6.45) is -2.47. The van der Waals surface area contributed by atoms with E-state index in [0.29, 0.717) is 4.88 Å². The maximum atomic E-state index is 12.3. The van der Waals surface area contributed by atoms with E-state index in [1.165, 1.54) is 11.3 Å². The molecule has 0 fully saturated rings. The third-order valence-corrected chi connectivity index (χ3v) is 2.72. The summed E-state index contributed by atoms with van der Waals surface area (Å²) < 4.78 is 24.6. The average molecular weight is 192 g/mol. The lowest BCUT2D eigenvalue weighted by atomic mass is 10.2. The van der Waals surface area contributed by atoms with Crippen LogP contribution < -0.4 is 11.3 Å². The lowest BCUT2D eigenvalue weighted by Crippen LogP contribution is -2.32. The van der Waals surface area contributed by atoms with Gasteiger partial charge < -0.3 is 0 Å². The number of hydrogen-bond donors (Lipinski definition) is 2. The van der Waals surface area contributed by atoms with E-state index in [2.05, 4.69) is 5.43 Å². The van der Waals surface area contributed by atoms with Crippen LogP contribution >= 0.6 is 11.3 Å². The van der Waals surface area contributed by atoms with Crippen molar-refractivity contribution in [3.8, 4) is 0 Å². The number of halogens is 2. The highest BCUT2D eigenvalue weighted by Gasteiger charge is 2.23. The van der Waals surface area contributed by atoms with Gasteiger partial charge in [-0.1, -0.05) is 0 Å². The number of nitrogens with one attached hydrogen (secondary N) is 1. The summed E-state index contributed by atoms with van der Waals surface area (Å²) in [6, 6.07) is 0.761. The van der Waals surface area contributed by atoms with Crippen molar-refractivity contribution in [2.75, 3.05) is 0 Å². The highest BCUT2D eigenvalue weighted by Crippen LogP contribution is 2.27. The number of nitrogens with two attached hydrogens (primary N) is 1. The molecule has 12 heavy (non-hydrogen) atoms. The molecule has 1 rings (SSSR count). The zero-order valence-corrected chi connectivity index (χ0v) is 7.37. The van der Waals surface area contributed by atoms with Crippen molar-refractivity contribution in [2.45, 2.75) is 19.4 Å². The van der Waals surface area contributed by atoms with Gasteiger partial charge in [-0.15, -0.1) is 11.3 Å². The van der Waals surface area contributed by atoms with Gasteiger partial charge >= 0.3 is 0 Å². The van der Waals surface area contributed by atoms with Crippen LogP contribution in [0.4, 0.5) is 8.78 Å². The van der Waals surface area contributed by atoms with Gasteiger partial charge in [-0.25, -0.2) is 14.2 Å². The van der Waals surface area contributed by atoms with Crippen LogP contribution in [0, 0.1) is 6.92 Å². The van der Waals surface area contributed by atoms with Crippen LogP contribution in [0.25, 0.3) is 0 Å². The fourth-order valence-electron chi connectivity index (χ4n) is 0.966. The summed E-state index contributed by atoms with van der Waals surface area (Å²) in [6.45, 7) is 1.79. The summed E-state index contributed by atoms with van der Waals surface area (Å²) in [4.78, 5) is 0.604. The SMILES string of the molecule is Cc1ccsc1C(NN)C(F)F. The van der Waals surface area contributed by atoms with E-state index in [1.54, 1.807) is 18.4 Å². The first-order chi connectivity index (χ1) is 5.66. The van der Waals surface area contributed by atoms with Crippen molar-refractivity contribution in [3.05, 3.63) is 21.9 Å². The van der Waals surface area contributed by atoms with Gasteiger partial charge in [0, 0.05) is 4.88 Å². The predicted octanol–water partition coefficient (Wildman–Crippen LogP) is 1.83. The number of aryl methyl sites for hydroxylation is 1. The second kappa shape index (κ2) is 3.93. The molecule has 0 saturated carbocycles. The number of hydrazine groups is 1. The van der Waals surface area contributed by atoms with Crippen molar-refractivity contribution < 1.29 is 8.78 Å². The molecule has 0 aliphatic rings. The normalized spacial score (nSPS) is 13.8. The van der Waals surface area contributed by atoms with Gasteiger partial charge in [0.15, 0.2) is 0 Å². The molecule has 1 unspecified atom stereocenters. The maximum Gasteiger partial charge on any atom is 0.259 e. The van der Waals surface area contributed by atoms with Gasteiger partial charge in [0.25, 0.3) is 6.43 Å². The lowest BCUT2D eigenvalue weighted by Gasteiger charge is -2.13. The standard InChI is InChI=1S/C7H10F2N2S/c1-4-2-3-12-6(4)5(11-10)7(8)9/h2-3,5,7,11H,10H2,1H3. The first-order valence-corrected chi connectivity index (χ1v) is 4.33. The van der Waals surface area contributed by atoms with E-state index in [1.807, 2.05) is 0 Å². The van der Waals surface area contributed by atoms with Crippen molar-refractivity contribution in [3.63, 3.8) is 0 Å². The Morgan fingerprint density at radius 1 is 1.58 bits per heavy atom. The third-order valence-electron chi connectivity index (χ3n) is 1.62. The summed E-state index contributed by atoms with van der Waals surface area (Å²) >= 11 is 1.29. The van der Waals surface area contributed by atoms with Gasteiger partial charge in [-0.2, -0.15) is 0 Å². The highest BCUT2D eigenvalue weighted by molar-refractivity contribution is 7.10. The quantitative estimate of drug-likeness (QED) is 0.566. The first-order valence-electron chi connectivity index (χ1n) is 3.45. The minimum Gasteiger partial charge on any atom is -0.271 e. The van der Waals surface area contributed by atoms with E-state index >= 15 is 0 Å². The number of hydrogen-bond acceptors (Lipinski definition) is 3. The molecule has 0 radical (unpaired) electrons. The third kappa shape index (κ3) is 1.80. The minimum absolute atomic E-state index is 0.604. The zero-order chi connectivity index (χ0) is 9.14. The smallest absolute Gasteiger partial charge is 0.259 e. The maximum absolute atomic E-state index is 12.3. The molecule has 2 nitrogen and oxygen atoms in total. The average Bonchev–Trinajstić information content (AvgIpc) is 2.38. The van der Waals surface area contributed by atoms with Crippen LogP contribution in [-0.2, 0) is 0 Å². The van der Waals surface area contributed by atoms with Crippen LogP contribution in [0.3, 0.4) is 0 Å². The molecule has 3 N–H and O–H groups in total. The van der Waals surface area contributed by atoms with Gasteiger partial charge in [0.1, 0.15) is 6.04 Å². The van der Waals surface area contributed by atoms with Gasteiger partial charge in [0.2, 0.25) is 0 Å². The predicted molar refractivity (Wildman–Crippen MR) is 45.1 cm³/mol. The topological polar surface area (TPSA) is 38.0 Å². The van der Waals surface area contributed by atoms with Crippen LogP contribution in [0.15, 0.2) is 11.4 Å². The monoisotopic (exact) mass is 192 g/mol. The Kier molecular flexibility index (Phi) is 3.13. The molecular weight excluding hydrogens is 182 g/mol. The highest BCUT2D eigenvalue weighted by atomic mass is 32.1. The Morgan fingerprint density at radius 3 is 2.58 bits per heavy atom. The molecule has 1 heterocycles. The van der Waals surface area contributed by atoms with Crippen molar-refractivity contribution in [1.82, 2.24) is 5.43 Å². The molecule has 0 spiro atoms. The Hall–Kier alpha value is -0.520. The van der Waals surface area contributed by atoms with E-state index in [9.17, 15) is 8.78 Å². The zero-order valence-electron chi connectivity index (χ0n) is 6.55. The lowest BCUT2D eigenvalue weighted by molar-refractivity contribution is 0.0999. The fraction of sp³-hybridized carbons (Fsp3) is 0.429. The van der Waals surface area contributed by atoms with Gasteiger partial charge in [0.05, 0.1) is 0 Å². The molecule has 0 aliphatic heterocycles. The molecule has 1 aromatic rings. The largest absolute Gasteiger partial charge is 0.271 e. The molecule has 0 saturated heterocycles. The second-order valence-electron chi connectivity index (χ2n) is 2.45. The molecule has 0 aliphatic carbocycles. The first kappa shape index (κ1) is 9.57. The molecular formula is C7H10F2N2S. The van der Waals surface area contributed by atoms with Crippen LogP contribution in [0.5, 0.6) is 0 Å².